The van der Waals surface area contributed by atoms with Crippen molar-refractivity contribution in [2.75, 3.05) is 18.0 Å². The van der Waals surface area contributed by atoms with Crippen molar-refractivity contribution in [1.29, 1.82) is 0 Å². The highest BCUT2D eigenvalue weighted by Gasteiger charge is 2.37. The molecule has 0 N–H and O–H groups in total. The van der Waals surface area contributed by atoms with Gasteiger partial charge in [0, 0.05) is 43.5 Å². The standard InChI is InChI=1S/C24H30N6/c1-17-13-18(2)30(27-17)24-14-23(25-19(3)26-24)28-12-11-21-9-10-22(16-28)29(21)15-20-7-5-4-6-8-20/h4-8,13-14,21-22H,9-12,15-16H2,1-3H3/t21-,22+/m1/s1. The molecule has 6 heteroatoms. The van der Waals surface area contributed by atoms with Crippen molar-refractivity contribution in [3.8, 4) is 5.82 Å². The van der Waals surface area contributed by atoms with E-state index in [4.69, 9.17) is 4.98 Å². The molecule has 0 amide bonds. The largest absolute Gasteiger partial charge is 0.355 e. The first-order chi connectivity index (χ1) is 14.6. The van der Waals surface area contributed by atoms with Crippen LogP contribution < -0.4 is 4.90 Å². The summed E-state index contributed by atoms with van der Waals surface area (Å²) < 4.78 is 1.93. The number of rotatable bonds is 4. The van der Waals surface area contributed by atoms with Gasteiger partial charge in [-0.25, -0.2) is 14.6 Å². The highest BCUT2D eigenvalue weighted by molar-refractivity contribution is 5.45. The van der Waals surface area contributed by atoms with Gasteiger partial charge in [-0.15, -0.1) is 0 Å². The molecule has 2 fully saturated rings. The lowest BCUT2D eigenvalue weighted by Gasteiger charge is -2.29. The minimum absolute atomic E-state index is 0.574. The third-order valence-corrected chi connectivity index (χ3v) is 6.50. The van der Waals surface area contributed by atoms with Crippen LogP contribution in [0.1, 0.15) is 42.0 Å². The fourth-order valence-corrected chi connectivity index (χ4v) is 5.10. The lowest BCUT2D eigenvalue weighted by Crippen LogP contribution is -2.39. The van der Waals surface area contributed by atoms with Crippen LogP contribution >= 0.6 is 0 Å². The molecule has 0 spiro atoms. The van der Waals surface area contributed by atoms with Gasteiger partial charge in [0.1, 0.15) is 11.6 Å². The number of nitrogens with zero attached hydrogens (tertiary/aromatic N) is 6. The van der Waals surface area contributed by atoms with Crippen molar-refractivity contribution < 1.29 is 0 Å². The monoisotopic (exact) mass is 402 g/mol. The van der Waals surface area contributed by atoms with Gasteiger partial charge in [-0.05, 0) is 51.7 Å². The molecule has 1 aromatic carbocycles. The second kappa shape index (κ2) is 7.84. The molecule has 6 nitrogen and oxygen atoms in total. The first kappa shape index (κ1) is 19.2. The highest BCUT2D eigenvalue weighted by Crippen LogP contribution is 2.33. The zero-order valence-corrected chi connectivity index (χ0v) is 18.1. The van der Waals surface area contributed by atoms with Crippen molar-refractivity contribution >= 4 is 5.82 Å². The smallest absolute Gasteiger partial charge is 0.159 e. The van der Waals surface area contributed by atoms with E-state index in [2.05, 4.69) is 69.3 Å². The Morgan fingerprint density at radius 1 is 0.900 bits per heavy atom. The zero-order chi connectivity index (χ0) is 20.7. The topological polar surface area (TPSA) is 50.1 Å². The van der Waals surface area contributed by atoms with Gasteiger partial charge in [-0.2, -0.15) is 5.10 Å². The highest BCUT2D eigenvalue weighted by atomic mass is 15.3. The molecule has 0 aliphatic carbocycles. The number of anilines is 1. The van der Waals surface area contributed by atoms with Crippen molar-refractivity contribution in [2.45, 2.75) is 58.7 Å². The minimum Gasteiger partial charge on any atom is -0.355 e. The summed E-state index contributed by atoms with van der Waals surface area (Å²) in [5, 5.41) is 4.62. The second-order valence-corrected chi connectivity index (χ2v) is 8.75. The predicted octanol–water partition coefficient (Wildman–Crippen LogP) is 3.83. The lowest BCUT2D eigenvalue weighted by molar-refractivity contribution is 0.194. The number of benzene rings is 1. The molecule has 2 aliphatic rings. The Morgan fingerprint density at radius 2 is 1.67 bits per heavy atom. The molecule has 5 rings (SSSR count). The maximum atomic E-state index is 4.81. The van der Waals surface area contributed by atoms with Crippen molar-refractivity contribution in [2.24, 2.45) is 0 Å². The summed E-state index contributed by atoms with van der Waals surface area (Å²) in [7, 11) is 0. The zero-order valence-electron chi connectivity index (χ0n) is 18.1. The molecule has 30 heavy (non-hydrogen) atoms. The Morgan fingerprint density at radius 3 is 2.43 bits per heavy atom. The van der Waals surface area contributed by atoms with Crippen LogP contribution in [0.3, 0.4) is 0 Å². The summed E-state index contributed by atoms with van der Waals surface area (Å²) >= 11 is 0. The summed E-state index contributed by atoms with van der Waals surface area (Å²) in [4.78, 5) is 14.7. The number of aromatic nitrogens is 4. The van der Waals surface area contributed by atoms with E-state index in [9.17, 15) is 0 Å². The third kappa shape index (κ3) is 3.72. The molecule has 2 aliphatic heterocycles. The quantitative estimate of drug-likeness (QED) is 0.664. The van der Waals surface area contributed by atoms with Gasteiger partial charge >= 0.3 is 0 Å². The molecule has 2 atom stereocenters. The number of aryl methyl sites for hydroxylation is 3. The molecule has 156 valence electrons. The Balaban J connectivity index is 1.40. The van der Waals surface area contributed by atoms with E-state index in [0.29, 0.717) is 12.1 Å². The summed E-state index contributed by atoms with van der Waals surface area (Å²) in [6, 6.07) is 16.3. The molecule has 0 radical (unpaired) electrons. The van der Waals surface area contributed by atoms with E-state index < -0.39 is 0 Å². The van der Waals surface area contributed by atoms with Gasteiger partial charge in [0.05, 0.1) is 5.69 Å². The maximum Gasteiger partial charge on any atom is 0.159 e. The first-order valence-corrected chi connectivity index (χ1v) is 11.0. The number of hydrogen-bond donors (Lipinski definition) is 0. The normalized spacial score (nSPS) is 21.8. The molecule has 3 aromatic rings. The molecule has 0 unspecified atom stereocenters. The van der Waals surface area contributed by atoms with E-state index in [1.807, 2.05) is 18.5 Å². The average molecular weight is 403 g/mol. The van der Waals surface area contributed by atoms with E-state index in [1.165, 1.54) is 24.8 Å². The van der Waals surface area contributed by atoms with Crippen LogP contribution in [-0.2, 0) is 6.54 Å². The van der Waals surface area contributed by atoms with E-state index in [-0.39, 0.29) is 0 Å². The van der Waals surface area contributed by atoms with Crippen molar-refractivity contribution in [3.05, 3.63) is 65.2 Å². The molecule has 4 heterocycles. The Kier molecular flexibility index (Phi) is 5.03. The molecule has 2 bridgehead atoms. The van der Waals surface area contributed by atoms with Crippen LogP contribution in [0.4, 0.5) is 5.82 Å². The Hall–Kier alpha value is -2.73. The fraction of sp³-hybridized carbons (Fsp3) is 0.458. The molecular weight excluding hydrogens is 372 g/mol. The summed E-state index contributed by atoms with van der Waals surface area (Å²) in [6.07, 6.45) is 3.76. The first-order valence-electron chi connectivity index (χ1n) is 11.0. The Labute approximate surface area is 178 Å². The Bertz CT molecular complexity index is 1030. The van der Waals surface area contributed by atoms with Crippen molar-refractivity contribution in [3.63, 3.8) is 0 Å². The minimum atomic E-state index is 0.574. The number of hydrogen-bond acceptors (Lipinski definition) is 5. The van der Waals surface area contributed by atoms with Crippen LogP contribution in [0.25, 0.3) is 5.82 Å². The van der Waals surface area contributed by atoms with Crippen LogP contribution in [0.15, 0.2) is 42.5 Å². The second-order valence-electron chi connectivity index (χ2n) is 8.75. The van der Waals surface area contributed by atoms with Gasteiger partial charge < -0.3 is 4.90 Å². The van der Waals surface area contributed by atoms with Crippen molar-refractivity contribution in [1.82, 2.24) is 24.6 Å². The number of fused-ring (bicyclic) bond motifs is 2. The third-order valence-electron chi connectivity index (χ3n) is 6.50. The molecular formula is C24H30N6. The van der Waals surface area contributed by atoms with Gasteiger partial charge in [0.25, 0.3) is 0 Å². The van der Waals surface area contributed by atoms with Crippen LogP contribution in [0, 0.1) is 20.8 Å². The van der Waals surface area contributed by atoms with Crippen LogP contribution in [0.2, 0.25) is 0 Å². The average Bonchev–Trinajstić information content (AvgIpc) is 3.19. The predicted molar refractivity (Wildman–Crippen MR) is 119 cm³/mol. The van der Waals surface area contributed by atoms with Gasteiger partial charge in [-0.3, -0.25) is 4.90 Å². The van der Waals surface area contributed by atoms with Gasteiger partial charge in [0.15, 0.2) is 5.82 Å². The molecule has 0 saturated carbocycles. The van der Waals surface area contributed by atoms with Crippen LogP contribution in [0.5, 0.6) is 0 Å². The molecule has 2 aromatic heterocycles. The maximum absolute atomic E-state index is 4.81. The molecule has 2 saturated heterocycles. The summed E-state index contributed by atoms with van der Waals surface area (Å²) in [5.41, 5.74) is 3.52. The van der Waals surface area contributed by atoms with Gasteiger partial charge in [0.2, 0.25) is 0 Å². The van der Waals surface area contributed by atoms with Crippen LogP contribution in [-0.4, -0.2) is 49.8 Å². The summed E-state index contributed by atoms with van der Waals surface area (Å²) in [5.74, 6) is 2.68. The van der Waals surface area contributed by atoms with E-state index in [1.54, 1.807) is 0 Å². The summed E-state index contributed by atoms with van der Waals surface area (Å²) in [6.45, 7) is 9.18. The van der Waals surface area contributed by atoms with Gasteiger partial charge in [-0.1, -0.05) is 30.3 Å². The van der Waals surface area contributed by atoms with E-state index >= 15 is 0 Å². The lowest BCUT2D eigenvalue weighted by atomic mass is 10.1. The fourth-order valence-electron chi connectivity index (χ4n) is 5.10. The van der Waals surface area contributed by atoms with E-state index in [0.717, 1.165) is 48.5 Å². The SMILES string of the molecule is Cc1cc(C)n(-c2cc(N3CC[C@H]4CC[C@@H](C3)N4Cc3ccccc3)nc(C)n2)n1.